The van der Waals surface area contributed by atoms with E-state index < -0.39 is 59.7 Å². The zero-order valence-electron chi connectivity index (χ0n) is 21.4. The third-order valence-corrected chi connectivity index (χ3v) is 5.39. The summed E-state index contributed by atoms with van der Waals surface area (Å²) < 4.78 is 0. The summed E-state index contributed by atoms with van der Waals surface area (Å²) in [5.74, 6) is -5.02. The fourth-order valence-corrected chi connectivity index (χ4v) is 3.26. The van der Waals surface area contributed by atoms with Crippen molar-refractivity contribution in [1.29, 1.82) is 0 Å². The number of aliphatic carboxylic acids is 2. The molecule has 13 N–H and O–H groups in total. The second-order valence-electron chi connectivity index (χ2n) is 8.96. The Hall–Kier alpha value is -3.46. The zero-order chi connectivity index (χ0) is 28.5. The van der Waals surface area contributed by atoms with Gasteiger partial charge >= 0.3 is 11.9 Å². The third kappa shape index (κ3) is 14.6. The molecule has 0 bridgehead atoms. The average molecular weight is 531 g/mol. The standard InChI is InChI=1S/C22H42N8O7/c1-12(2)17(20(35)29-15(21(36)37)6-3-4-10-23)30-19(34)14(7-5-11-27-22(25)26)28-18(33)13(24)8-9-16(31)32/h12-15,17H,3-11,23-24H2,1-2H3,(H,28,33)(H,29,35)(H,30,34)(H,31,32)(H,36,37)(H4,25,26,27). The summed E-state index contributed by atoms with van der Waals surface area (Å²) in [6, 6.07) is -4.55. The lowest BCUT2D eigenvalue weighted by Crippen LogP contribution is -2.58. The molecular formula is C22H42N8O7. The molecule has 3 amide bonds. The number of hydrogen-bond donors (Lipinski definition) is 9. The maximum absolute atomic E-state index is 13.1. The van der Waals surface area contributed by atoms with E-state index in [1.807, 2.05) is 0 Å². The highest BCUT2D eigenvalue weighted by Gasteiger charge is 2.31. The molecule has 15 heteroatoms. The van der Waals surface area contributed by atoms with E-state index in [0.717, 1.165) is 0 Å². The molecule has 4 unspecified atom stereocenters. The van der Waals surface area contributed by atoms with E-state index in [0.29, 0.717) is 25.8 Å². The molecule has 0 radical (unpaired) electrons. The maximum Gasteiger partial charge on any atom is 0.326 e. The van der Waals surface area contributed by atoms with Crippen molar-refractivity contribution in [3.63, 3.8) is 0 Å². The van der Waals surface area contributed by atoms with Gasteiger partial charge in [0.05, 0.1) is 6.04 Å². The van der Waals surface area contributed by atoms with Crippen LogP contribution in [0.4, 0.5) is 0 Å². The molecule has 0 aliphatic heterocycles. The van der Waals surface area contributed by atoms with Gasteiger partial charge in [-0.05, 0) is 51.0 Å². The highest BCUT2D eigenvalue weighted by atomic mass is 16.4. The maximum atomic E-state index is 13.1. The van der Waals surface area contributed by atoms with Crippen LogP contribution in [0, 0.1) is 5.92 Å². The van der Waals surface area contributed by atoms with Crippen molar-refractivity contribution in [2.24, 2.45) is 33.8 Å². The summed E-state index contributed by atoms with van der Waals surface area (Å²) in [6.45, 7) is 3.90. The van der Waals surface area contributed by atoms with Crippen molar-refractivity contribution >= 4 is 35.6 Å². The van der Waals surface area contributed by atoms with E-state index >= 15 is 0 Å². The van der Waals surface area contributed by atoms with Gasteiger partial charge in [-0.1, -0.05) is 13.8 Å². The molecule has 4 atom stereocenters. The number of carbonyl (C=O) groups excluding carboxylic acids is 3. The van der Waals surface area contributed by atoms with E-state index in [9.17, 15) is 29.1 Å². The smallest absolute Gasteiger partial charge is 0.326 e. The monoisotopic (exact) mass is 530 g/mol. The number of hydrogen-bond acceptors (Lipinski definition) is 8. The topological polar surface area (TPSA) is 278 Å². The second-order valence-corrected chi connectivity index (χ2v) is 8.96. The van der Waals surface area contributed by atoms with Crippen LogP contribution in [0.1, 0.15) is 58.8 Å². The number of nitrogens with one attached hydrogen (secondary N) is 3. The third-order valence-electron chi connectivity index (χ3n) is 5.39. The first-order valence-electron chi connectivity index (χ1n) is 12.2. The van der Waals surface area contributed by atoms with Gasteiger partial charge in [-0.25, -0.2) is 4.79 Å². The van der Waals surface area contributed by atoms with Crippen molar-refractivity contribution in [2.45, 2.75) is 83.0 Å². The van der Waals surface area contributed by atoms with Crippen molar-refractivity contribution in [2.75, 3.05) is 13.1 Å². The average Bonchev–Trinajstić information content (AvgIpc) is 2.81. The van der Waals surface area contributed by atoms with Gasteiger partial charge in [-0.2, -0.15) is 0 Å². The SMILES string of the molecule is CC(C)C(NC(=O)C(CCCN=C(N)N)NC(=O)C(N)CCC(=O)O)C(=O)NC(CCCCN)C(=O)O. The highest BCUT2D eigenvalue weighted by Crippen LogP contribution is 2.08. The summed E-state index contributed by atoms with van der Waals surface area (Å²) in [5, 5.41) is 25.8. The number of amides is 3. The minimum Gasteiger partial charge on any atom is -0.481 e. The molecule has 0 fully saturated rings. The predicted molar refractivity (Wildman–Crippen MR) is 136 cm³/mol. The number of carboxylic acids is 2. The number of guanidine groups is 1. The van der Waals surface area contributed by atoms with Crippen LogP contribution in [-0.2, 0) is 24.0 Å². The van der Waals surface area contributed by atoms with E-state index in [-0.39, 0.29) is 38.2 Å². The van der Waals surface area contributed by atoms with Gasteiger partial charge in [0.1, 0.15) is 18.1 Å². The normalized spacial score (nSPS) is 14.1. The lowest BCUT2D eigenvalue weighted by Gasteiger charge is -2.27. The van der Waals surface area contributed by atoms with E-state index in [2.05, 4.69) is 20.9 Å². The Morgan fingerprint density at radius 2 is 1.41 bits per heavy atom. The summed E-state index contributed by atoms with van der Waals surface area (Å²) >= 11 is 0. The van der Waals surface area contributed by atoms with Gasteiger partial charge in [-0.15, -0.1) is 0 Å². The lowest BCUT2D eigenvalue weighted by atomic mass is 10.0. The molecule has 0 aromatic heterocycles. The van der Waals surface area contributed by atoms with Crippen molar-refractivity contribution in [1.82, 2.24) is 16.0 Å². The number of rotatable bonds is 19. The van der Waals surface area contributed by atoms with Gasteiger partial charge < -0.3 is 49.1 Å². The van der Waals surface area contributed by atoms with Crippen LogP contribution in [0.15, 0.2) is 4.99 Å². The first-order valence-corrected chi connectivity index (χ1v) is 12.2. The number of aliphatic imine (C=N–C) groups is 1. The number of carbonyl (C=O) groups is 5. The Bertz CT molecular complexity index is 802. The first-order chi connectivity index (χ1) is 17.3. The number of nitrogens with two attached hydrogens (primary N) is 4. The van der Waals surface area contributed by atoms with Crippen LogP contribution in [0.2, 0.25) is 0 Å². The largest absolute Gasteiger partial charge is 0.481 e. The van der Waals surface area contributed by atoms with E-state index in [1.165, 1.54) is 0 Å². The first kappa shape index (κ1) is 33.5. The lowest BCUT2D eigenvalue weighted by molar-refractivity contribution is -0.143. The molecule has 0 spiro atoms. The van der Waals surface area contributed by atoms with Crippen LogP contribution in [0.25, 0.3) is 0 Å². The van der Waals surface area contributed by atoms with Crippen LogP contribution in [0.5, 0.6) is 0 Å². The number of unbranched alkanes of at least 4 members (excludes halogenated alkanes) is 1. The Labute approximate surface area is 216 Å². The molecular weight excluding hydrogens is 488 g/mol. The quantitative estimate of drug-likeness (QED) is 0.0480. The molecule has 212 valence electrons. The van der Waals surface area contributed by atoms with E-state index in [1.54, 1.807) is 13.8 Å². The molecule has 15 nitrogen and oxygen atoms in total. The van der Waals surface area contributed by atoms with Gasteiger partial charge in [0.25, 0.3) is 0 Å². The summed E-state index contributed by atoms with van der Waals surface area (Å²) in [5.41, 5.74) is 21.8. The molecule has 0 saturated heterocycles. The van der Waals surface area contributed by atoms with Crippen molar-refractivity contribution < 1.29 is 34.2 Å². The predicted octanol–water partition coefficient (Wildman–Crippen LogP) is -2.44. The van der Waals surface area contributed by atoms with Crippen molar-refractivity contribution in [3.8, 4) is 0 Å². The summed E-state index contributed by atoms with van der Waals surface area (Å²) in [7, 11) is 0. The molecule has 0 aromatic carbocycles. The minimum atomic E-state index is -1.21. The number of nitrogens with zero attached hydrogens (tertiary/aromatic N) is 1. The van der Waals surface area contributed by atoms with Gasteiger partial charge in [-0.3, -0.25) is 24.2 Å². The Morgan fingerprint density at radius 3 is 1.92 bits per heavy atom. The Balaban J connectivity index is 5.49. The fraction of sp³-hybridized carbons (Fsp3) is 0.727. The summed E-state index contributed by atoms with van der Waals surface area (Å²) in [6.07, 6.45) is 1.18. The molecule has 0 rings (SSSR count). The molecule has 0 heterocycles. The second kappa shape index (κ2) is 17.9. The van der Waals surface area contributed by atoms with Gasteiger partial charge in [0.15, 0.2) is 5.96 Å². The van der Waals surface area contributed by atoms with Crippen molar-refractivity contribution in [3.05, 3.63) is 0 Å². The minimum absolute atomic E-state index is 0.0866. The summed E-state index contributed by atoms with van der Waals surface area (Å²) in [4.78, 5) is 64.6. The molecule has 0 saturated carbocycles. The molecule has 0 aromatic rings. The fourth-order valence-electron chi connectivity index (χ4n) is 3.26. The van der Waals surface area contributed by atoms with E-state index in [4.69, 9.17) is 28.0 Å². The van der Waals surface area contributed by atoms with Crippen LogP contribution >= 0.6 is 0 Å². The number of carboxylic acid groups (broad SMARTS) is 2. The van der Waals surface area contributed by atoms with Gasteiger partial charge in [0.2, 0.25) is 17.7 Å². The van der Waals surface area contributed by atoms with Crippen LogP contribution in [0.3, 0.4) is 0 Å². The Morgan fingerprint density at radius 1 is 0.811 bits per heavy atom. The molecule has 0 aliphatic carbocycles. The Kier molecular flexibility index (Phi) is 16.2. The van der Waals surface area contributed by atoms with Crippen LogP contribution < -0.4 is 38.9 Å². The van der Waals surface area contributed by atoms with Crippen LogP contribution in [-0.4, -0.2) is 83.1 Å². The molecule has 0 aliphatic rings. The highest BCUT2D eigenvalue weighted by molar-refractivity contribution is 5.94. The van der Waals surface area contributed by atoms with Gasteiger partial charge in [0, 0.05) is 13.0 Å². The zero-order valence-corrected chi connectivity index (χ0v) is 21.4. The molecule has 37 heavy (non-hydrogen) atoms.